The molecule has 3 amide bonds. The van der Waals surface area contributed by atoms with Gasteiger partial charge in [0.1, 0.15) is 11.5 Å². The average molecular weight is 492 g/mol. The fourth-order valence-corrected chi connectivity index (χ4v) is 3.52. The van der Waals surface area contributed by atoms with Crippen LogP contribution in [0.2, 0.25) is 0 Å². The number of ether oxygens (including phenoxy) is 4. The largest absolute Gasteiger partial charge is 0.457 e. The lowest BCUT2D eigenvalue weighted by molar-refractivity contribution is -0.149. The van der Waals surface area contributed by atoms with Crippen LogP contribution < -0.4 is 30.6 Å². The Morgan fingerprint density at radius 1 is 0.917 bits per heavy atom. The Labute approximate surface area is 207 Å². The highest BCUT2D eigenvalue weighted by molar-refractivity contribution is 5.81. The van der Waals surface area contributed by atoms with E-state index in [2.05, 4.69) is 10.6 Å². The van der Waals surface area contributed by atoms with Gasteiger partial charge in [-0.1, -0.05) is 36.4 Å². The van der Waals surface area contributed by atoms with E-state index in [0.29, 0.717) is 28.6 Å². The highest BCUT2D eigenvalue weighted by Crippen LogP contribution is 2.32. The second-order valence-corrected chi connectivity index (χ2v) is 7.88. The number of amides is 3. The van der Waals surface area contributed by atoms with Crippen LogP contribution in [-0.4, -0.2) is 31.3 Å². The van der Waals surface area contributed by atoms with Crippen molar-refractivity contribution in [3.63, 3.8) is 0 Å². The van der Waals surface area contributed by atoms with Crippen LogP contribution in [0, 0.1) is 0 Å². The molecule has 0 saturated carbocycles. The number of benzene rings is 3. The van der Waals surface area contributed by atoms with Crippen molar-refractivity contribution in [1.82, 2.24) is 10.6 Å². The number of esters is 1. The lowest BCUT2D eigenvalue weighted by Crippen LogP contribution is -2.35. The van der Waals surface area contributed by atoms with E-state index in [1.54, 1.807) is 54.6 Å². The topological polar surface area (TPSA) is 138 Å². The minimum atomic E-state index is -0.802. The van der Waals surface area contributed by atoms with Gasteiger partial charge in [0.2, 0.25) is 6.79 Å². The minimum absolute atomic E-state index is 0.164. The Kier molecular flexibility index (Phi) is 7.87. The van der Waals surface area contributed by atoms with Crippen molar-refractivity contribution in [2.24, 2.45) is 5.73 Å². The van der Waals surface area contributed by atoms with Gasteiger partial charge in [-0.25, -0.2) is 4.79 Å². The number of primary amides is 1. The molecule has 0 unspecified atom stereocenters. The Balaban J connectivity index is 1.29. The summed E-state index contributed by atoms with van der Waals surface area (Å²) in [6, 6.07) is 19.8. The predicted octanol–water partition coefficient (Wildman–Crippen LogP) is 3.17. The van der Waals surface area contributed by atoms with E-state index in [4.69, 9.17) is 24.7 Å². The number of nitrogens with one attached hydrogen (secondary N) is 2. The molecule has 1 aliphatic rings. The molecule has 1 heterocycles. The molecule has 0 aliphatic carbocycles. The molecule has 1 atom stereocenters. The number of para-hydroxylation sites is 1. The number of carbonyl (C=O) groups is 3. The second-order valence-electron chi connectivity index (χ2n) is 7.88. The van der Waals surface area contributed by atoms with Gasteiger partial charge < -0.3 is 35.3 Å². The summed E-state index contributed by atoms with van der Waals surface area (Å²) in [5.74, 6) is 1.27. The number of carbonyl (C=O) groups excluding carboxylic acids is 3. The molecule has 0 bridgehead atoms. The van der Waals surface area contributed by atoms with Crippen molar-refractivity contribution >= 4 is 17.9 Å². The third-order valence-corrected chi connectivity index (χ3v) is 5.22. The molecule has 0 aromatic heterocycles. The molecular formula is C26H25N3O7. The number of nitrogens with two attached hydrogens (primary N) is 1. The number of hydrogen-bond acceptors (Lipinski definition) is 7. The van der Waals surface area contributed by atoms with Crippen LogP contribution in [0.4, 0.5) is 4.79 Å². The number of fused-ring (bicyclic) bond motifs is 1. The molecular weight excluding hydrogens is 466 g/mol. The fourth-order valence-electron chi connectivity index (χ4n) is 3.52. The van der Waals surface area contributed by atoms with Gasteiger partial charge >= 0.3 is 12.0 Å². The summed E-state index contributed by atoms with van der Waals surface area (Å²) < 4.78 is 21.5. The Hall–Kier alpha value is -4.73. The van der Waals surface area contributed by atoms with Crippen LogP contribution in [0.25, 0.3) is 0 Å². The van der Waals surface area contributed by atoms with E-state index in [1.165, 1.54) is 0 Å². The van der Waals surface area contributed by atoms with Crippen LogP contribution in [-0.2, 0) is 20.9 Å². The zero-order valence-electron chi connectivity index (χ0n) is 19.3. The van der Waals surface area contributed by atoms with Gasteiger partial charge in [-0.3, -0.25) is 9.59 Å². The summed E-state index contributed by atoms with van der Waals surface area (Å²) in [5.41, 5.74) is 6.70. The minimum Gasteiger partial charge on any atom is -0.457 e. The van der Waals surface area contributed by atoms with Crippen molar-refractivity contribution in [2.75, 3.05) is 13.4 Å². The second kappa shape index (κ2) is 11.6. The van der Waals surface area contributed by atoms with Crippen molar-refractivity contribution in [3.05, 3.63) is 83.9 Å². The number of hydrogen-bond donors (Lipinski definition) is 3. The monoisotopic (exact) mass is 491 g/mol. The molecule has 0 saturated heterocycles. The van der Waals surface area contributed by atoms with Crippen LogP contribution in [0.3, 0.4) is 0 Å². The van der Waals surface area contributed by atoms with Gasteiger partial charge in [0.15, 0.2) is 18.1 Å². The molecule has 1 aliphatic heterocycles. The molecule has 10 heteroatoms. The third-order valence-electron chi connectivity index (χ3n) is 5.22. The molecule has 0 radical (unpaired) electrons. The van der Waals surface area contributed by atoms with E-state index >= 15 is 0 Å². The van der Waals surface area contributed by atoms with Crippen molar-refractivity contribution in [3.8, 4) is 23.0 Å². The Morgan fingerprint density at radius 3 is 2.50 bits per heavy atom. The first-order valence-electron chi connectivity index (χ1n) is 11.2. The highest BCUT2D eigenvalue weighted by Gasteiger charge is 2.20. The van der Waals surface area contributed by atoms with Gasteiger partial charge in [0.05, 0.1) is 12.5 Å². The predicted molar refractivity (Wildman–Crippen MR) is 128 cm³/mol. The zero-order valence-corrected chi connectivity index (χ0v) is 19.3. The standard InChI is InChI=1S/C26H25N3O7/c27-26(32)29-21(18-5-4-8-20(12-18)36-19-6-2-1-3-7-19)13-25(31)33-15-24(30)28-14-17-9-10-22-23(11-17)35-16-34-22/h1-12,21H,13-16H2,(H,28,30)(H3,27,29,32)/t21-/m0/s1. The van der Waals surface area contributed by atoms with Gasteiger partial charge in [-0.2, -0.15) is 0 Å². The fraction of sp³-hybridized carbons (Fsp3) is 0.192. The summed E-state index contributed by atoms with van der Waals surface area (Å²) in [5, 5.41) is 5.21. The van der Waals surface area contributed by atoms with Crippen LogP contribution in [0.1, 0.15) is 23.6 Å². The maximum atomic E-state index is 12.4. The Morgan fingerprint density at radius 2 is 1.69 bits per heavy atom. The van der Waals surface area contributed by atoms with Gasteiger partial charge in [0, 0.05) is 6.54 Å². The normalized spacial score (nSPS) is 12.3. The zero-order chi connectivity index (χ0) is 25.3. The van der Waals surface area contributed by atoms with E-state index < -0.39 is 30.6 Å². The lowest BCUT2D eigenvalue weighted by atomic mass is 10.0. The summed E-state index contributed by atoms with van der Waals surface area (Å²) in [4.78, 5) is 36.1. The molecule has 0 fully saturated rings. The van der Waals surface area contributed by atoms with Crippen molar-refractivity contribution in [2.45, 2.75) is 19.0 Å². The molecule has 4 N–H and O–H groups in total. The number of rotatable bonds is 10. The van der Waals surface area contributed by atoms with Crippen LogP contribution >= 0.6 is 0 Å². The van der Waals surface area contributed by atoms with Crippen molar-refractivity contribution in [1.29, 1.82) is 0 Å². The molecule has 186 valence electrons. The maximum Gasteiger partial charge on any atom is 0.312 e. The average Bonchev–Trinajstić information content (AvgIpc) is 3.34. The summed E-state index contributed by atoms with van der Waals surface area (Å²) in [7, 11) is 0. The lowest BCUT2D eigenvalue weighted by Gasteiger charge is -2.18. The summed E-state index contributed by atoms with van der Waals surface area (Å²) in [6.45, 7) is -0.0754. The first kappa shape index (κ1) is 24.4. The number of urea groups is 1. The van der Waals surface area contributed by atoms with Gasteiger partial charge in [-0.15, -0.1) is 0 Å². The van der Waals surface area contributed by atoms with E-state index in [-0.39, 0.29) is 19.8 Å². The van der Waals surface area contributed by atoms with Gasteiger partial charge in [0.25, 0.3) is 5.91 Å². The third kappa shape index (κ3) is 6.89. The molecule has 4 rings (SSSR count). The van der Waals surface area contributed by atoms with E-state index in [9.17, 15) is 14.4 Å². The smallest absolute Gasteiger partial charge is 0.312 e. The maximum absolute atomic E-state index is 12.4. The van der Waals surface area contributed by atoms with Gasteiger partial charge in [-0.05, 0) is 47.5 Å². The first-order valence-corrected chi connectivity index (χ1v) is 11.2. The molecule has 3 aromatic rings. The Bertz CT molecular complexity index is 1230. The highest BCUT2D eigenvalue weighted by atomic mass is 16.7. The van der Waals surface area contributed by atoms with Crippen LogP contribution in [0.5, 0.6) is 23.0 Å². The first-order chi connectivity index (χ1) is 17.5. The summed E-state index contributed by atoms with van der Waals surface area (Å²) in [6.07, 6.45) is -0.229. The van der Waals surface area contributed by atoms with E-state index in [0.717, 1.165) is 5.56 Å². The van der Waals surface area contributed by atoms with E-state index in [1.807, 2.05) is 18.2 Å². The van der Waals surface area contributed by atoms with Crippen LogP contribution in [0.15, 0.2) is 72.8 Å². The quantitative estimate of drug-likeness (QED) is 0.370. The molecule has 36 heavy (non-hydrogen) atoms. The SMILES string of the molecule is NC(=O)N[C@@H](CC(=O)OCC(=O)NCc1ccc2c(c1)OCO2)c1cccc(Oc2ccccc2)c1. The molecule has 0 spiro atoms. The van der Waals surface area contributed by atoms with Crippen molar-refractivity contribution < 1.29 is 33.3 Å². The molecule has 10 nitrogen and oxygen atoms in total. The summed E-state index contributed by atoms with van der Waals surface area (Å²) >= 11 is 0. The molecule has 3 aromatic carbocycles.